The van der Waals surface area contributed by atoms with Crippen LogP contribution in [0.1, 0.15) is 18.1 Å². The molecule has 1 fully saturated rings. The van der Waals surface area contributed by atoms with E-state index in [9.17, 15) is 14.4 Å². The predicted octanol–water partition coefficient (Wildman–Crippen LogP) is 5.63. The molecule has 1 saturated heterocycles. The fraction of sp³-hybridized carbons (Fsp3) is 0.192. The highest BCUT2D eigenvalue weighted by molar-refractivity contribution is 14.1. The number of methoxy groups -OCH3 is 1. The first-order chi connectivity index (χ1) is 16.9. The van der Waals surface area contributed by atoms with E-state index in [0.29, 0.717) is 30.3 Å². The molecule has 9 heteroatoms. The lowest BCUT2D eigenvalue weighted by molar-refractivity contribution is -0.143. The summed E-state index contributed by atoms with van der Waals surface area (Å²) in [6, 6.07) is 17.9. The van der Waals surface area contributed by atoms with E-state index in [1.807, 2.05) is 37.3 Å². The molecule has 1 aliphatic heterocycles. The van der Waals surface area contributed by atoms with Crippen molar-refractivity contribution in [2.24, 2.45) is 0 Å². The minimum absolute atomic E-state index is 0.224. The van der Waals surface area contributed by atoms with E-state index in [0.717, 1.165) is 36.6 Å². The van der Waals surface area contributed by atoms with Gasteiger partial charge in [-0.25, -0.2) is 0 Å². The van der Waals surface area contributed by atoms with Gasteiger partial charge in [0.1, 0.15) is 13.2 Å². The van der Waals surface area contributed by atoms with Crippen molar-refractivity contribution in [3.05, 3.63) is 74.2 Å². The molecule has 7 nitrogen and oxygen atoms in total. The van der Waals surface area contributed by atoms with Crippen LogP contribution >= 0.6 is 34.4 Å². The van der Waals surface area contributed by atoms with Crippen LogP contribution < -0.4 is 9.47 Å². The molecule has 0 aromatic heterocycles. The lowest BCUT2D eigenvalue weighted by Gasteiger charge is -2.16. The molecule has 1 heterocycles. The molecule has 0 spiro atoms. The zero-order valence-corrected chi connectivity index (χ0v) is 22.1. The SMILES string of the molecule is CCOc1cc(/C=C2\SC(=O)N(CC(=O)OC)C2=O)cc(I)c1OCc1cccc2ccccc12. The van der Waals surface area contributed by atoms with Crippen LogP contribution in [0.25, 0.3) is 16.8 Å². The third-order valence-electron chi connectivity index (χ3n) is 5.27. The average Bonchev–Trinajstić information content (AvgIpc) is 3.10. The van der Waals surface area contributed by atoms with Crippen LogP contribution in [0.3, 0.4) is 0 Å². The van der Waals surface area contributed by atoms with E-state index in [4.69, 9.17) is 9.47 Å². The van der Waals surface area contributed by atoms with E-state index in [-0.39, 0.29) is 4.91 Å². The van der Waals surface area contributed by atoms with Crippen LogP contribution in [0.4, 0.5) is 4.79 Å². The minimum Gasteiger partial charge on any atom is -0.490 e. The number of imide groups is 1. The number of hydrogen-bond acceptors (Lipinski definition) is 7. The second kappa shape index (κ2) is 11.1. The number of carbonyl (C=O) groups excluding carboxylic acids is 3. The van der Waals surface area contributed by atoms with Crippen molar-refractivity contribution in [3.8, 4) is 11.5 Å². The molecule has 1 aliphatic rings. The van der Waals surface area contributed by atoms with Crippen molar-refractivity contribution in [2.45, 2.75) is 13.5 Å². The van der Waals surface area contributed by atoms with Crippen LogP contribution in [0.2, 0.25) is 0 Å². The van der Waals surface area contributed by atoms with Crippen LogP contribution in [-0.4, -0.2) is 42.3 Å². The smallest absolute Gasteiger partial charge is 0.325 e. The molecular weight excluding hydrogens is 581 g/mol. The van der Waals surface area contributed by atoms with Crippen LogP contribution in [0.15, 0.2) is 59.5 Å². The standard InChI is InChI=1S/C26H22INO6S/c1-3-33-21-12-16(13-22-25(30)28(26(31)35-22)14-23(29)32-2)11-20(27)24(21)34-15-18-9-6-8-17-7-4-5-10-19(17)18/h4-13H,3,14-15H2,1-2H3/b22-13-. The van der Waals surface area contributed by atoms with Crippen LogP contribution in [-0.2, 0) is 20.9 Å². The highest BCUT2D eigenvalue weighted by Crippen LogP contribution is 2.38. The third kappa shape index (κ3) is 5.62. The maximum atomic E-state index is 12.7. The predicted molar refractivity (Wildman–Crippen MR) is 143 cm³/mol. The number of carbonyl (C=O) groups is 3. The number of hydrogen-bond donors (Lipinski definition) is 0. The molecule has 180 valence electrons. The monoisotopic (exact) mass is 603 g/mol. The molecular formula is C26H22INO6S. The number of esters is 1. The van der Waals surface area contributed by atoms with Crippen molar-refractivity contribution >= 4 is 68.3 Å². The Kier molecular flexibility index (Phi) is 7.97. The molecule has 3 aromatic carbocycles. The summed E-state index contributed by atoms with van der Waals surface area (Å²) in [7, 11) is 1.21. The van der Waals surface area contributed by atoms with Gasteiger partial charge in [0.15, 0.2) is 11.5 Å². The van der Waals surface area contributed by atoms with Gasteiger partial charge >= 0.3 is 5.97 Å². The van der Waals surface area contributed by atoms with E-state index in [1.54, 1.807) is 12.1 Å². The van der Waals surface area contributed by atoms with E-state index in [2.05, 4.69) is 45.5 Å². The number of fused-ring (bicyclic) bond motifs is 1. The zero-order valence-electron chi connectivity index (χ0n) is 19.1. The third-order valence-corrected chi connectivity index (χ3v) is 6.98. The maximum absolute atomic E-state index is 12.7. The molecule has 0 unspecified atom stereocenters. The Labute approximate surface area is 220 Å². The molecule has 4 rings (SSSR count). The summed E-state index contributed by atoms with van der Waals surface area (Å²) in [5, 5.41) is 1.76. The van der Waals surface area contributed by atoms with Gasteiger partial charge in [0.2, 0.25) is 0 Å². The van der Waals surface area contributed by atoms with Crippen molar-refractivity contribution < 1.29 is 28.6 Å². The highest BCUT2D eigenvalue weighted by atomic mass is 127. The van der Waals surface area contributed by atoms with Crippen LogP contribution in [0, 0.1) is 3.57 Å². The summed E-state index contributed by atoms with van der Waals surface area (Å²) in [5.74, 6) is -0.0416. The first-order valence-corrected chi connectivity index (χ1v) is 12.7. The number of amides is 2. The molecule has 0 atom stereocenters. The van der Waals surface area contributed by atoms with Gasteiger partial charge in [-0.15, -0.1) is 0 Å². The topological polar surface area (TPSA) is 82.1 Å². The summed E-state index contributed by atoms with van der Waals surface area (Å²) in [6.07, 6.45) is 1.61. The Morgan fingerprint density at radius 2 is 1.86 bits per heavy atom. The number of ether oxygens (including phenoxy) is 3. The first-order valence-electron chi connectivity index (χ1n) is 10.8. The second-order valence-corrected chi connectivity index (χ2v) is 9.69. The van der Waals surface area contributed by atoms with E-state index in [1.165, 1.54) is 7.11 Å². The Balaban J connectivity index is 1.59. The van der Waals surface area contributed by atoms with Crippen molar-refractivity contribution in [2.75, 3.05) is 20.3 Å². The molecule has 3 aromatic rings. The lowest BCUT2D eigenvalue weighted by Crippen LogP contribution is -2.34. The minimum atomic E-state index is -0.658. The maximum Gasteiger partial charge on any atom is 0.325 e. The van der Waals surface area contributed by atoms with Gasteiger partial charge in [0.05, 0.1) is 22.2 Å². The van der Waals surface area contributed by atoms with Gasteiger partial charge < -0.3 is 14.2 Å². The van der Waals surface area contributed by atoms with Crippen LogP contribution in [0.5, 0.6) is 11.5 Å². The van der Waals surface area contributed by atoms with Gasteiger partial charge in [-0.1, -0.05) is 42.5 Å². The molecule has 0 aliphatic carbocycles. The summed E-state index contributed by atoms with van der Waals surface area (Å²) < 4.78 is 17.4. The quantitative estimate of drug-likeness (QED) is 0.188. The summed E-state index contributed by atoms with van der Waals surface area (Å²) >= 11 is 2.95. The van der Waals surface area contributed by atoms with E-state index >= 15 is 0 Å². The van der Waals surface area contributed by atoms with Gasteiger partial charge in [0.25, 0.3) is 11.1 Å². The fourth-order valence-corrected chi connectivity index (χ4v) is 5.24. The summed E-state index contributed by atoms with van der Waals surface area (Å²) in [5.41, 5.74) is 1.74. The first kappa shape index (κ1) is 25.1. The molecule has 35 heavy (non-hydrogen) atoms. The van der Waals surface area contributed by atoms with E-state index < -0.39 is 23.7 Å². The Bertz CT molecular complexity index is 1330. The Morgan fingerprint density at radius 3 is 2.63 bits per heavy atom. The Hall–Kier alpha value is -3.05. The molecule has 0 radical (unpaired) electrons. The summed E-state index contributed by atoms with van der Waals surface area (Å²) in [6.45, 7) is 2.26. The summed E-state index contributed by atoms with van der Waals surface area (Å²) in [4.78, 5) is 37.5. The van der Waals surface area contributed by atoms with Gasteiger partial charge in [0, 0.05) is 0 Å². The second-order valence-electron chi connectivity index (χ2n) is 7.53. The highest BCUT2D eigenvalue weighted by Gasteiger charge is 2.36. The van der Waals surface area contributed by atoms with Crippen molar-refractivity contribution in [1.82, 2.24) is 4.90 Å². The molecule has 2 amide bonds. The number of benzene rings is 3. The van der Waals surface area contributed by atoms with Crippen molar-refractivity contribution in [3.63, 3.8) is 0 Å². The lowest BCUT2D eigenvalue weighted by atomic mass is 10.1. The van der Waals surface area contributed by atoms with Gasteiger partial charge in [-0.05, 0) is 81.4 Å². The van der Waals surface area contributed by atoms with Gasteiger partial charge in [-0.3, -0.25) is 19.3 Å². The fourth-order valence-electron chi connectivity index (χ4n) is 3.62. The number of halogens is 1. The van der Waals surface area contributed by atoms with Gasteiger partial charge in [-0.2, -0.15) is 0 Å². The number of rotatable bonds is 8. The molecule has 0 bridgehead atoms. The number of thioether (sulfide) groups is 1. The largest absolute Gasteiger partial charge is 0.490 e. The average molecular weight is 603 g/mol. The molecule has 0 saturated carbocycles. The van der Waals surface area contributed by atoms with Crippen molar-refractivity contribution in [1.29, 1.82) is 0 Å². The Morgan fingerprint density at radius 1 is 1.09 bits per heavy atom. The zero-order chi connectivity index (χ0) is 24.9. The normalized spacial score (nSPS) is 14.6. The molecule has 0 N–H and O–H groups in total. The number of nitrogens with zero attached hydrogens (tertiary/aromatic N) is 1.